The van der Waals surface area contributed by atoms with E-state index in [9.17, 15) is 43.2 Å². The third kappa shape index (κ3) is 66.7. The molecule has 0 heterocycles. The van der Waals surface area contributed by atoms with Crippen molar-refractivity contribution < 1.29 is 80.2 Å². The predicted octanol–water partition coefficient (Wildman–Crippen LogP) is 21.3. The molecular weight excluding hydrogens is 1210 g/mol. The van der Waals surface area contributed by atoms with Crippen molar-refractivity contribution in [3.05, 3.63) is 0 Å². The van der Waals surface area contributed by atoms with E-state index in [0.717, 1.165) is 102 Å². The van der Waals surface area contributed by atoms with Gasteiger partial charge in [-0.3, -0.25) is 37.3 Å². The van der Waals surface area contributed by atoms with Gasteiger partial charge in [-0.15, -0.1) is 0 Å². The summed E-state index contributed by atoms with van der Waals surface area (Å²) >= 11 is 0. The molecule has 0 bridgehead atoms. The Labute approximate surface area is 562 Å². The average Bonchev–Trinajstić information content (AvgIpc) is 2.47. The predicted molar refractivity (Wildman–Crippen MR) is 372 cm³/mol. The zero-order chi connectivity index (χ0) is 67.7. The fourth-order valence-corrected chi connectivity index (χ4v) is 12.8. The number of esters is 4. The molecule has 0 aliphatic rings. The van der Waals surface area contributed by atoms with E-state index in [2.05, 4.69) is 34.6 Å². The number of aliphatic hydroxyl groups excluding tert-OH is 1. The zero-order valence-electron chi connectivity index (χ0n) is 59.7. The summed E-state index contributed by atoms with van der Waals surface area (Å²) in [6, 6.07) is 0. The van der Waals surface area contributed by atoms with Crippen LogP contribution in [0.15, 0.2) is 0 Å². The van der Waals surface area contributed by atoms with Gasteiger partial charge in [-0.1, -0.05) is 330 Å². The minimum atomic E-state index is -4.95. The summed E-state index contributed by atoms with van der Waals surface area (Å²) in [4.78, 5) is 72.4. The molecule has 0 aliphatic heterocycles. The Kier molecular flexibility index (Phi) is 64.9. The number of aliphatic hydroxyl groups is 1. The molecule has 0 radical (unpaired) electrons. The maximum atomic E-state index is 13.0. The normalized spacial score (nSPS) is 14.0. The van der Waals surface area contributed by atoms with Crippen LogP contribution in [0.1, 0.15) is 381 Å². The van der Waals surface area contributed by atoms with E-state index >= 15 is 0 Å². The van der Waals surface area contributed by atoms with Gasteiger partial charge in [-0.25, -0.2) is 9.13 Å². The first-order chi connectivity index (χ1) is 44.5. The molecule has 19 heteroatoms. The number of carbonyl (C=O) groups is 4. The van der Waals surface area contributed by atoms with Gasteiger partial charge in [0.2, 0.25) is 0 Å². The number of carbonyl (C=O) groups excluding carboxylic acids is 4. The molecule has 2 unspecified atom stereocenters. The molecule has 92 heavy (non-hydrogen) atoms. The zero-order valence-corrected chi connectivity index (χ0v) is 61.5. The summed E-state index contributed by atoms with van der Waals surface area (Å²) in [5.41, 5.74) is 0. The highest BCUT2D eigenvalue weighted by molar-refractivity contribution is 7.47. The van der Waals surface area contributed by atoms with Crippen molar-refractivity contribution in [2.24, 2.45) is 5.92 Å². The Morgan fingerprint density at radius 1 is 0.293 bits per heavy atom. The number of hydrogen-bond donors (Lipinski definition) is 3. The Morgan fingerprint density at radius 2 is 0.500 bits per heavy atom. The van der Waals surface area contributed by atoms with Gasteiger partial charge in [0.05, 0.1) is 26.4 Å². The quantitative estimate of drug-likeness (QED) is 0.0222. The van der Waals surface area contributed by atoms with Crippen LogP contribution in [0.5, 0.6) is 0 Å². The summed E-state index contributed by atoms with van der Waals surface area (Å²) in [5.74, 6) is -1.34. The summed E-state index contributed by atoms with van der Waals surface area (Å²) in [5, 5.41) is 10.6. The van der Waals surface area contributed by atoms with E-state index in [1.54, 1.807) is 0 Å². The first-order valence-corrected chi connectivity index (χ1v) is 41.1. The van der Waals surface area contributed by atoms with Gasteiger partial charge >= 0.3 is 39.5 Å². The fraction of sp³-hybridized carbons (Fsp3) is 0.945. The molecule has 0 fully saturated rings. The first kappa shape index (κ1) is 90.1. The molecule has 5 atom stereocenters. The molecule has 546 valence electrons. The number of ether oxygens (including phenoxy) is 4. The molecule has 0 aromatic rings. The van der Waals surface area contributed by atoms with Gasteiger partial charge in [0.25, 0.3) is 0 Å². The summed E-state index contributed by atoms with van der Waals surface area (Å²) < 4.78 is 68.2. The third-order valence-electron chi connectivity index (χ3n) is 17.0. The fourth-order valence-electron chi connectivity index (χ4n) is 11.2. The molecule has 0 amide bonds. The van der Waals surface area contributed by atoms with Crippen LogP contribution >= 0.6 is 15.6 Å². The van der Waals surface area contributed by atoms with Gasteiger partial charge < -0.3 is 33.8 Å². The lowest BCUT2D eigenvalue weighted by Gasteiger charge is -2.21. The molecule has 0 rings (SSSR count). The van der Waals surface area contributed by atoms with Crippen molar-refractivity contribution >= 4 is 39.5 Å². The smallest absolute Gasteiger partial charge is 0.462 e. The lowest BCUT2D eigenvalue weighted by atomic mass is 10.0. The van der Waals surface area contributed by atoms with Gasteiger partial charge in [-0.2, -0.15) is 0 Å². The van der Waals surface area contributed by atoms with Crippen molar-refractivity contribution in [3.8, 4) is 0 Å². The molecular formula is C73H142O17P2. The number of phosphoric ester groups is 2. The van der Waals surface area contributed by atoms with Crippen LogP contribution in [0.3, 0.4) is 0 Å². The van der Waals surface area contributed by atoms with E-state index in [1.165, 1.54) is 199 Å². The molecule has 0 aliphatic carbocycles. The van der Waals surface area contributed by atoms with Crippen LogP contribution in [0.25, 0.3) is 0 Å². The highest BCUT2D eigenvalue weighted by Gasteiger charge is 2.30. The minimum Gasteiger partial charge on any atom is -0.462 e. The van der Waals surface area contributed by atoms with Crippen LogP contribution < -0.4 is 0 Å². The molecule has 0 aromatic heterocycles. The van der Waals surface area contributed by atoms with Crippen LogP contribution in [-0.2, 0) is 65.4 Å². The largest absolute Gasteiger partial charge is 0.472 e. The van der Waals surface area contributed by atoms with E-state index in [1.807, 2.05) is 0 Å². The minimum absolute atomic E-state index is 0.107. The number of hydrogen-bond acceptors (Lipinski definition) is 15. The molecule has 0 spiro atoms. The van der Waals surface area contributed by atoms with Gasteiger partial charge in [0.15, 0.2) is 12.2 Å². The van der Waals surface area contributed by atoms with Crippen LogP contribution in [-0.4, -0.2) is 96.7 Å². The van der Waals surface area contributed by atoms with Crippen molar-refractivity contribution in [1.82, 2.24) is 0 Å². The Morgan fingerprint density at radius 3 is 0.739 bits per heavy atom. The van der Waals surface area contributed by atoms with Gasteiger partial charge in [-0.05, 0) is 31.6 Å². The van der Waals surface area contributed by atoms with Crippen molar-refractivity contribution in [2.45, 2.75) is 400 Å². The monoisotopic (exact) mass is 1350 g/mol. The topological polar surface area (TPSA) is 237 Å². The van der Waals surface area contributed by atoms with Crippen LogP contribution in [0, 0.1) is 5.92 Å². The van der Waals surface area contributed by atoms with E-state index in [0.29, 0.717) is 25.7 Å². The molecule has 0 saturated carbocycles. The highest BCUT2D eigenvalue weighted by Crippen LogP contribution is 2.45. The first-order valence-electron chi connectivity index (χ1n) is 38.1. The second kappa shape index (κ2) is 66.3. The van der Waals surface area contributed by atoms with Crippen LogP contribution in [0.2, 0.25) is 0 Å². The second-order valence-corrected chi connectivity index (χ2v) is 29.7. The summed E-state index contributed by atoms with van der Waals surface area (Å²) in [6.07, 6.45) is 54.4. The standard InChI is InChI=1S/C73H142O17P2/c1-6-9-12-15-17-19-21-23-24-25-26-27-31-36-40-44-49-54-59-73(78)90-69(63-84-71(76)57-52-47-42-38-34-32-28-30-33-37-41-46-50-55-66(4)5)65-88-92(81,82)86-61-67(74)60-85-91(79,80)87-64-68(62-83-70(75)56-51-45-14-11-8-3)89-72(77)58-53-48-43-39-35-29-22-20-18-16-13-10-7-2/h66-69,74H,6-65H2,1-5H3,(H,79,80)(H,81,82)/t67-,68+,69+/m0/s1. The average molecular weight is 1350 g/mol. The van der Waals surface area contributed by atoms with E-state index in [-0.39, 0.29) is 25.7 Å². The van der Waals surface area contributed by atoms with Crippen molar-refractivity contribution in [3.63, 3.8) is 0 Å². The maximum absolute atomic E-state index is 13.0. The number of unbranched alkanes of at least 4 members (excludes halogenated alkanes) is 45. The molecule has 0 saturated heterocycles. The lowest BCUT2D eigenvalue weighted by Crippen LogP contribution is -2.30. The lowest BCUT2D eigenvalue weighted by molar-refractivity contribution is -0.161. The van der Waals surface area contributed by atoms with E-state index < -0.39 is 97.5 Å². The van der Waals surface area contributed by atoms with Crippen LogP contribution in [0.4, 0.5) is 0 Å². The van der Waals surface area contributed by atoms with Crippen molar-refractivity contribution in [2.75, 3.05) is 39.6 Å². The van der Waals surface area contributed by atoms with E-state index in [4.69, 9.17) is 37.0 Å². The SMILES string of the molecule is CCCCCCCCCCCCCCCCCCCCC(=O)O[C@H](COC(=O)CCCCCCCCCCCCCCCC(C)C)COP(=O)(O)OC[C@@H](O)COP(=O)(O)OC[C@@H](COC(=O)CCCCCCC)OC(=O)CCCCCCCCCCCCCCC. The summed E-state index contributed by atoms with van der Waals surface area (Å²) in [6.45, 7) is 7.21. The van der Waals surface area contributed by atoms with Gasteiger partial charge in [0, 0.05) is 25.7 Å². The Hall–Kier alpha value is -1.94. The Bertz CT molecular complexity index is 1770. The number of phosphoric acid groups is 2. The molecule has 0 aromatic carbocycles. The molecule has 17 nitrogen and oxygen atoms in total. The molecule has 3 N–H and O–H groups in total. The van der Waals surface area contributed by atoms with Gasteiger partial charge in [0.1, 0.15) is 19.3 Å². The Balaban J connectivity index is 5.15. The second-order valence-electron chi connectivity index (χ2n) is 26.8. The maximum Gasteiger partial charge on any atom is 0.472 e. The number of rotatable bonds is 73. The third-order valence-corrected chi connectivity index (χ3v) is 18.9. The van der Waals surface area contributed by atoms with Crippen molar-refractivity contribution in [1.29, 1.82) is 0 Å². The summed E-state index contributed by atoms with van der Waals surface area (Å²) in [7, 11) is -9.89. The highest BCUT2D eigenvalue weighted by atomic mass is 31.2.